The quantitative estimate of drug-likeness (QED) is 0.159. The number of ether oxygens (including phenoxy) is 3. The molecule has 230 valence electrons. The normalized spacial score (nSPS) is 19.0. The lowest BCUT2D eigenvalue weighted by molar-refractivity contribution is -0.173. The van der Waals surface area contributed by atoms with Crippen molar-refractivity contribution in [2.24, 2.45) is 5.41 Å². The van der Waals surface area contributed by atoms with Crippen LogP contribution in [-0.4, -0.2) is 81.0 Å². The number of carbonyl (C=O) groups excluding carboxylic acids is 5. The van der Waals surface area contributed by atoms with Gasteiger partial charge >= 0.3 is 18.0 Å². The van der Waals surface area contributed by atoms with Gasteiger partial charge in [-0.25, -0.2) is 14.6 Å². The molecule has 0 aliphatic carbocycles. The summed E-state index contributed by atoms with van der Waals surface area (Å²) in [6, 6.07) is -0.956. The maximum absolute atomic E-state index is 13.3. The third-order valence-electron chi connectivity index (χ3n) is 5.75. The maximum atomic E-state index is 13.3. The fourth-order valence-corrected chi connectivity index (χ4v) is 5.83. The van der Waals surface area contributed by atoms with E-state index in [-0.39, 0.29) is 27.7 Å². The summed E-state index contributed by atoms with van der Waals surface area (Å²) in [6.07, 6.45) is 1.47. The van der Waals surface area contributed by atoms with Gasteiger partial charge < -0.3 is 24.6 Å². The van der Waals surface area contributed by atoms with Crippen molar-refractivity contribution in [3.05, 3.63) is 28.4 Å². The number of aromatic nitrogens is 1. The van der Waals surface area contributed by atoms with Gasteiger partial charge in [0.05, 0.1) is 23.3 Å². The lowest BCUT2D eigenvalue weighted by Crippen LogP contribution is -2.70. The lowest BCUT2D eigenvalue weighted by atomic mass is 9.98. The van der Waals surface area contributed by atoms with Gasteiger partial charge in [-0.05, 0) is 53.5 Å². The predicted octanol–water partition coefficient (Wildman–Crippen LogP) is 3.02. The van der Waals surface area contributed by atoms with Gasteiger partial charge in [0, 0.05) is 11.1 Å². The molecule has 42 heavy (non-hydrogen) atoms. The first-order valence-corrected chi connectivity index (χ1v) is 15.1. The molecule has 13 nitrogen and oxygen atoms in total. The van der Waals surface area contributed by atoms with E-state index >= 15 is 0 Å². The van der Waals surface area contributed by atoms with Crippen LogP contribution in [0.1, 0.15) is 60.6 Å². The van der Waals surface area contributed by atoms with E-state index in [0.29, 0.717) is 12.1 Å². The monoisotopic (exact) mass is 624 g/mol. The van der Waals surface area contributed by atoms with Crippen molar-refractivity contribution in [2.45, 2.75) is 71.9 Å². The molecule has 2 atom stereocenters. The van der Waals surface area contributed by atoms with Gasteiger partial charge in [-0.15, -0.1) is 23.1 Å². The minimum Gasteiger partial charge on any atom is -0.444 e. The Morgan fingerprint density at radius 3 is 2.45 bits per heavy atom. The van der Waals surface area contributed by atoms with Gasteiger partial charge in [-0.3, -0.25) is 24.6 Å². The number of hydrogen-bond acceptors (Lipinski definition) is 12. The van der Waals surface area contributed by atoms with Crippen LogP contribution in [0.3, 0.4) is 0 Å². The summed E-state index contributed by atoms with van der Waals surface area (Å²) in [5, 5.41) is 16.3. The molecular formula is C27H36N4O9S2. The molecule has 3 rings (SSSR count). The summed E-state index contributed by atoms with van der Waals surface area (Å²) in [5.74, 6) is -2.41. The van der Waals surface area contributed by atoms with Crippen molar-refractivity contribution < 1.29 is 43.3 Å². The summed E-state index contributed by atoms with van der Waals surface area (Å²) in [5.41, 5.74) is -0.828. The van der Waals surface area contributed by atoms with Gasteiger partial charge in [0.2, 0.25) is 6.79 Å². The Morgan fingerprint density at radius 1 is 1.17 bits per heavy atom. The lowest BCUT2D eigenvalue weighted by Gasteiger charge is -2.49. The Kier molecular flexibility index (Phi) is 10.4. The number of hydrogen-bond donors (Lipinski definition) is 3. The molecule has 0 unspecified atom stereocenters. The number of rotatable bonds is 9. The van der Waals surface area contributed by atoms with E-state index in [1.165, 1.54) is 16.7 Å². The van der Waals surface area contributed by atoms with Crippen molar-refractivity contribution in [1.82, 2.24) is 15.2 Å². The SMILES string of the molecule is CC/C=C(\C(=O)N[C@@H]1C(=O)N2C(C(=O)OCOC(=O)C(C)(C)C)=C(CO)CS[C@H]12)c1csc(NC(=O)OC(C)(C)C)n1. The van der Waals surface area contributed by atoms with Gasteiger partial charge in [-0.1, -0.05) is 13.0 Å². The molecule has 3 heterocycles. The number of allylic oxidation sites excluding steroid dienone is 1. The number of aliphatic hydroxyl groups is 1. The minimum atomic E-state index is -0.956. The number of carbonyl (C=O) groups is 5. The van der Waals surface area contributed by atoms with E-state index < -0.39 is 65.7 Å². The van der Waals surface area contributed by atoms with Gasteiger partial charge in [0.25, 0.3) is 11.8 Å². The van der Waals surface area contributed by atoms with Crippen molar-refractivity contribution in [2.75, 3.05) is 24.5 Å². The molecule has 3 amide bonds. The Labute approximate surface area is 252 Å². The van der Waals surface area contributed by atoms with E-state index in [4.69, 9.17) is 14.2 Å². The fraction of sp³-hybridized carbons (Fsp3) is 0.556. The maximum Gasteiger partial charge on any atom is 0.413 e. The highest BCUT2D eigenvalue weighted by Gasteiger charge is 2.54. The molecule has 0 saturated carbocycles. The zero-order valence-corrected chi connectivity index (χ0v) is 26.2. The van der Waals surface area contributed by atoms with E-state index in [1.54, 1.807) is 53.0 Å². The van der Waals surface area contributed by atoms with Gasteiger partial charge in [0.15, 0.2) is 5.13 Å². The summed E-state index contributed by atoms with van der Waals surface area (Å²) < 4.78 is 15.3. The van der Waals surface area contributed by atoms with Crippen molar-refractivity contribution in [3.63, 3.8) is 0 Å². The van der Waals surface area contributed by atoms with Crippen LogP contribution in [0.5, 0.6) is 0 Å². The fourth-order valence-electron chi connectivity index (χ4n) is 3.80. The number of esters is 2. The number of anilines is 1. The van der Waals surface area contributed by atoms with Gasteiger partial charge in [0.1, 0.15) is 22.7 Å². The van der Waals surface area contributed by atoms with Crippen LogP contribution < -0.4 is 10.6 Å². The predicted molar refractivity (Wildman–Crippen MR) is 156 cm³/mol. The highest BCUT2D eigenvalue weighted by molar-refractivity contribution is 8.00. The molecular weight excluding hydrogens is 588 g/mol. The number of thiazole rings is 1. The molecule has 0 aromatic carbocycles. The summed E-state index contributed by atoms with van der Waals surface area (Å²) in [6.45, 7) is 10.8. The number of aliphatic hydroxyl groups excluding tert-OH is 1. The van der Waals surface area contributed by atoms with Gasteiger partial charge in [-0.2, -0.15) is 0 Å². The summed E-state index contributed by atoms with van der Waals surface area (Å²) >= 11 is 2.39. The first kappa shape index (κ1) is 33.1. The molecule has 2 aliphatic heterocycles. The molecule has 1 aromatic rings. The first-order chi connectivity index (χ1) is 19.6. The second kappa shape index (κ2) is 13.3. The van der Waals surface area contributed by atoms with Crippen LogP contribution in [0.2, 0.25) is 0 Å². The Morgan fingerprint density at radius 2 is 1.86 bits per heavy atom. The third kappa shape index (κ3) is 7.89. The van der Waals surface area contributed by atoms with Crippen LogP contribution in [-0.2, 0) is 33.4 Å². The number of amides is 3. The van der Waals surface area contributed by atoms with Crippen molar-refractivity contribution in [1.29, 1.82) is 0 Å². The summed E-state index contributed by atoms with van der Waals surface area (Å²) in [4.78, 5) is 68.9. The Hall–Kier alpha value is -3.43. The Bertz CT molecular complexity index is 1310. The first-order valence-electron chi connectivity index (χ1n) is 13.2. The number of thioether (sulfide) groups is 1. The van der Waals surface area contributed by atoms with E-state index in [2.05, 4.69) is 15.6 Å². The molecule has 1 fully saturated rings. The molecule has 0 radical (unpaired) electrons. The zero-order chi connectivity index (χ0) is 31.4. The van der Waals surface area contributed by atoms with E-state index in [1.807, 2.05) is 6.92 Å². The smallest absolute Gasteiger partial charge is 0.413 e. The number of nitrogens with one attached hydrogen (secondary N) is 2. The number of fused-ring (bicyclic) bond motifs is 1. The molecule has 2 aliphatic rings. The number of β-lactam (4-membered cyclic amide) rings is 1. The molecule has 1 saturated heterocycles. The van der Waals surface area contributed by atoms with Crippen LogP contribution in [0.15, 0.2) is 22.7 Å². The van der Waals surface area contributed by atoms with Crippen LogP contribution in [0, 0.1) is 5.41 Å². The van der Waals surface area contributed by atoms with Crippen LogP contribution in [0.25, 0.3) is 5.57 Å². The zero-order valence-electron chi connectivity index (χ0n) is 24.6. The molecule has 15 heteroatoms. The Balaban J connectivity index is 1.68. The highest BCUT2D eigenvalue weighted by atomic mass is 32.2. The van der Waals surface area contributed by atoms with E-state index in [9.17, 15) is 29.1 Å². The van der Waals surface area contributed by atoms with Crippen LogP contribution in [0.4, 0.5) is 9.93 Å². The molecule has 1 aromatic heterocycles. The highest BCUT2D eigenvalue weighted by Crippen LogP contribution is 2.41. The van der Waals surface area contributed by atoms with Crippen molar-refractivity contribution >= 4 is 63.6 Å². The topological polar surface area (TPSA) is 173 Å². The second-order valence-electron chi connectivity index (χ2n) is 11.4. The largest absolute Gasteiger partial charge is 0.444 e. The molecule has 0 bridgehead atoms. The average Bonchev–Trinajstić information content (AvgIpc) is 3.34. The second-order valence-corrected chi connectivity index (χ2v) is 13.4. The minimum absolute atomic E-state index is 0.134. The molecule has 0 spiro atoms. The average molecular weight is 625 g/mol. The third-order valence-corrected chi connectivity index (χ3v) is 7.85. The number of nitrogens with zero attached hydrogens (tertiary/aromatic N) is 2. The van der Waals surface area contributed by atoms with E-state index in [0.717, 1.165) is 11.3 Å². The van der Waals surface area contributed by atoms with Crippen LogP contribution >= 0.6 is 23.1 Å². The van der Waals surface area contributed by atoms with Crippen molar-refractivity contribution in [3.8, 4) is 0 Å². The summed E-state index contributed by atoms with van der Waals surface area (Å²) in [7, 11) is 0. The standard InChI is InChI=1S/C27H36N4O9S2/c1-8-9-15(16-12-42-24(28-16)30-25(37)40-27(5,6)7)19(33)29-17-20(34)31-18(14(10-32)11-41-21(17)31)22(35)38-13-39-23(36)26(2,3)4/h9,12,17,21,32H,8,10-11,13H2,1-7H3,(H,29,33)(H,28,30,37)/b15-9-/t17-,21-/m1/s1. The molecule has 3 N–H and O–H groups in total.